The molecule has 0 aliphatic heterocycles. The number of aromatic hydroxyl groups is 1. The van der Waals surface area contributed by atoms with Crippen LogP contribution in [-0.4, -0.2) is 31.8 Å². The summed E-state index contributed by atoms with van der Waals surface area (Å²) in [6, 6.07) is 1.86. The number of hydrogen-bond acceptors (Lipinski definition) is 6. The van der Waals surface area contributed by atoms with Crippen LogP contribution in [0.2, 0.25) is 5.02 Å². The van der Waals surface area contributed by atoms with E-state index in [-0.39, 0.29) is 29.9 Å². The third-order valence-corrected chi connectivity index (χ3v) is 7.70. The van der Waals surface area contributed by atoms with Gasteiger partial charge < -0.3 is 15.7 Å². The Balaban J connectivity index is 1.39. The number of pyridine rings is 1. The first-order chi connectivity index (χ1) is 14.7. The van der Waals surface area contributed by atoms with E-state index in [1.54, 1.807) is 6.07 Å². The summed E-state index contributed by atoms with van der Waals surface area (Å²) < 4.78 is 1.04. The van der Waals surface area contributed by atoms with E-state index in [4.69, 9.17) is 11.6 Å². The summed E-state index contributed by atoms with van der Waals surface area (Å²) in [5.74, 6) is 1.41. The lowest BCUT2D eigenvalue weighted by Crippen LogP contribution is -2.58. The van der Waals surface area contributed by atoms with Crippen LogP contribution in [0, 0.1) is 23.2 Å². The second-order valence-corrected chi connectivity index (χ2v) is 9.70. The van der Waals surface area contributed by atoms with Gasteiger partial charge in [0.2, 0.25) is 5.91 Å². The lowest BCUT2D eigenvalue weighted by atomic mass is 9.45. The van der Waals surface area contributed by atoms with E-state index in [2.05, 4.69) is 41.5 Å². The topological polar surface area (TPSA) is 109 Å². The maximum Gasteiger partial charge on any atom is 0.288 e. The van der Waals surface area contributed by atoms with Crippen LogP contribution < -0.4 is 16.2 Å². The van der Waals surface area contributed by atoms with E-state index in [0.29, 0.717) is 34.4 Å². The van der Waals surface area contributed by atoms with Crippen LogP contribution in [0.25, 0.3) is 0 Å². The van der Waals surface area contributed by atoms with Gasteiger partial charge in [-0.05, 0) is 42.1 Å². The molecule has 3 N–H and O–H groups in total. The molecule has 3 fully saturated rings. The van der Waals surface area contributed by atoms with Crippen molar-refractivity contribution in [2.75, 3.05) is 5.32 Å². The number of amides is 1. The number of fused-ring (bicyclic) bond motifs is 2. The van der Waals surface area contributed by atoms with Gasteiger partial charge in [-0.15, -0.1) is 0 Å². The van der Waals surface area contributed by atoms with Crippen molar-refractivity contribution in [3.63, 3.8) is 0 Å². The van der Waals surface area contributed by atoms with Crippen LogP contribution in [0.3, 0.4) is 0 Å². The number of carbonyl (C=O) groups is 1. The molecule has 3 aliphatic rings. The quantitative estimate of drug-likeness (QED) is 0.630. The van der Waals surface area contributed by atoms with Gasteiger partial charge >= 0.3 is 0 Å². The fourth-order valence-electron chi connectivity index (χ4n) is 5.17. The summed E-state index contributed by atoms with van der Waals surface area (Å²) in [5.41, 5.74) is 0.913. The van der Waals surface area contributed by atoms with Crippen molar-refractivity contribution in [3.8, 4) is 5.75 Å². The van der Waals surface area contributed by atoms with E-state index in [1.165, 1.54) is 25.0 Å². The zero-order chi connectivity index (χ0) is 22.3. The Morgan fingerprint density at radius 2 is 2.13 bits per heavy atom. The van der Waals surface area contributed by atoms with Gasteiger partial charge in [-0.3, -0.25) is 14.6 Å². The van der Waals surface area contributed by atoms with Gasteiger partial charge in [-0.1, -0.05) is 32.4 Å². The SMILES string of the molecule is C[C@H]1[C@H]2C[C@H](C[C@H]1Nc1cnn(CC(=O)NCc3ccncc3O)c(=O)c1Cl)C2(C)C. The first-order valence-corrected chi connectivity index (χ1v) is 11.0. The zero-order valence-corrected chi connectivity index (χ0v) is 18.7. The fourth-order valence-corrected chi connectivity index (χ4v) is 5.37. The molecule has 1 amide bonds. The van der Waals surface area contributed by atoms with Crippen molar-refractivity contribution < 1.29 is 9.90 Å². The third-order valence-electron chi connectivity index (χ3n) is 7.34. The van der Waals surface area contributed by atoms with Crippen LogP contribution >= 0.6 is 11.6 Å². The standard InChI is InChI=1S/C22H28ClN5O3/c1-12-15-6-14(22(15,2)3)7-16(12)27-17-9-26-28(21(31)20(17)23)11-19(30)25-8-13-4-5-24-10-18(13)29/h4-5,9-10,12,14-16,27,29H,6-8,11H2,1-3H3,(H,25,30)/t12-,14+,15+,16+/m0/s1. The first kappa shape index (κ1) is 21.6. The van der Waals surface area contributed by atoms with Crippen molar-refractivity contribution in [2.24, 2.45) is 23.2 Å². The molecule has 2 aromatic heterocycles. The molecule has 2 bridgehead atoms. The number of rotatable bonds is 6. The molecule has 2 aromatic rings. The van der Waals surface area contributed by atoms with Gasteiger partial charge in [0.25, 0.3) is 5.56 Å². The number of nitrogens with zero attached hydrogens (tertiary/aromatic N) is 3. The first-order valence-electron chi connectivity index (χ1n) is 10.6. The Hall–Kier alpha value is -2.61. The van der Waals surface area contributed by atoms with Gasteiger partial charge in [0.15, 0.2) is 0 Å². The average Bonchev–Trinajstić information content (AvgIpc) is 2.73. The molecule has 9 heteroatoms. The highest BCUT2D eigenvalue weighted by Crippen LogP contribution is 2.61. The highest BCUT2D eigenvalue weighted by atomic mass is 35.5. The Bertz CT molecular complexity index is 1050. The second-order valence-electron chi connectivity index (χ2n) is 9.32. The van der Waals surface area contributed by atoms with Crippen molar-refractivity contribution in [3.05, 3.63) is 45.6 Å². The minimum atomic E-state index is -0.512. The molecule has 0 aromatic carbocycles. The highest BCUT2D eigenvalue weighted by molar-refractivity contribution is 6.32. The molecule has 2 heterocycles. The average molecular weight is 446 g/mol. The Morgan fingerprint density at radius 3 is 2.81 bits per heavy atom. The smallest absolute Gasteiger partial charge is 0.288 e. The minimum absolute atomic E-state index is 0.00507. The van der Waals surface area contributed by atoms with Gasteiger partial charge in [0.05, 0.1) is 18.1 Å². The van der Waals surface area contributed by atoms with Crippen LogP contribution in [0.4, 0.5) is 5.69 Å². The maximum absolute atomic E-state index is 12.7. The summed E-state index contributed by atoms with van der Waals surface area (Å²) >= 11 is 6.34. The van der Waals surface area contributed by atoms with Crippen molar-refractivity contribution in [1.29, 1.82) is 0 Å². The van der Waals surface area contributed by atoms with Crippen molar-refractivity contribution in [1.82, 2.24) is 20.1 Å². The molecule has 3 saturated carbocycles. The summed E-state index contributed by atoms with van der Waals surface area (Å²) in [4.78, 5) is 28.7. The van der Waals surface area contributed by atoms with Gasteiger partial charge in [-0.2, -0.15) is 5.10 Å². The Kier molecular flexibility index (Phi) is 5.68. The van der Waals surface area contributed by atoms with E-state index in [1.807, 2.05) is 0 Å². The van der Waals surface area contributed by atoms with E-state index < -0.39 is 11.5 Å². The van der Waals surface area contributed by atoms with Crippen LogP contribution in [0.1, 0.15) is 39.2 Å². The molecule has 0 spiro atoms. The number of carbonyl (C=O) groups excluding carboxylic acids is 1. The monoisotopic (exact) mass is 445 g/mol. The molecule has 3 aliphatic carbocycles. The molecule has 0 radical (unpaired) electrons. The fraction of sp³-hybridized carbons (Fsp3) is 0.545. The lowest BCUT2D eigenvalue weighted by molar-refractivity contribution is -0.122. The number of nitrogens with one attached hydrogen (secondary N) is 2. The van der Waals surface area contributed by atoms with E-state index in [0.717, 1.165) is 11.1 Å². The zero-order valence-electron chi connectivity index (χ0n) is 17.9. The third kappa shape index (κ3) is 4.01. The molecule has 5 rings (SSSR count). The second kappa shape index (κ2) is 8.15. The van der Waals surface area contributed by atoms with Crippen molar-refractivity contribution in [2.45, 2.75) is 52.7 Å². The summed E-state index contributed by atoms with van der Waals surface area (Å²) in [6.45, 7) is 6.80. The van der Waals surface area contributed by atoms with Gasteiger partial charge in [0.1, 0.15) is 17.3 Å². The number of aromatic nitrogens is 3. The predicted molar refractivity (Wildman–Crippen MR) is 118 cm³/mol. The van der Waals surface area contributed by atoms with Gasteiger partial charge in [-0.25, -0.2) is 4.68 Å². The molecule has 0 saturated heterocycles. The van der Waals surface area contributed by atoms with Gasteiger partial charge in [0, 0.05) is 24.3 Å². The Morgan fingerprint density at radius 1 is 1.35 bits per heavy atom. The molecular formula is C22H28ClN5O3. The molecule has 4 atom stereocenters. The molecule has 0 unspecified atom stereocenters. The highest BCUT2D eigenvalue weighted by Gasteiger charge is 2.56. The van der Waals surface area contributed by atoms with Crippen molar-refractivity contribution >= 4 is 23.2 Å². The number of halogens is 1. The lowest BCUT2D eigenvalue weighted by Gasteiger charge is -2.62. The summed E-state index contributed by atoms with van der Waals surface area (Å²) in [7, 11) is 0. The Labute approximate surface area is 186 Å². The summed E-state index contributed by atoms with van der Waals surface area (Å²) in [5, 5.41) is 20.0. The molecule has 166 valence electrons. The number of anilines is 1. The maximum atomic E-state index is 12.7. The predicted octanol–water partition coefficient (Wildman–Crippen LogP) is 2.80. The minimum Gasteiger partial charge on any atom is -0.506 e. The molecule has 31 heavy (non-hydrogen) atoms. The molecular weight excluding hydrogens is 418 g/mol. The number of hydrogen-bond donors (Lipinski definition) is 3. The summed E-state index contributed by atoms with van der Waals surface area (Å²) in [6.07, 6.45) is 6.66. The molecule has 8 nitrogen and oxygen atoms in total. The van der Waals surface area contributed by atoms with E-state index >= 15 is 0 Å². The normalized spacial score (nSPS) is 26.1. The van der Waals surface area contributed by atoms with Crippen LogP contribution in [0.15, 0.2) is 29.5 Å². The van der Waals surface area contributed by atoms with E-state index in [9.17, 15) is 14.7 Å². The largest absolute Gasteiger partial charge is 0.506 e. The van der Waals surface area contributed by atoms with Crippen LogP contribution in [0.5, 0.6) is 5.75 Å². The van der Waals surface area contributed by atoms with Crippen LogP contribution in [-0.2, 0) is 17.9 Å².